The fraction of sp³-hybridized carbons (Fsp3) is 0.267. The van der Waals surface area contributed by atoms with Crippen molar-refractivity contribution in [2.24, 2.45) is 0 Å². The lowest BCUT2D eigenvalue weighted by Gasteiger charge is -2.05. The average molecular weight is 303 g/mol. The quantitative estimate of drug-likeness (QED) is 0.404. The van der Waals surface area contributed by atoms with Crippen LogP contribution in [0.2, 0.25) is 0 Å². The Balaban J connectivity index is 2.48. The van der Waals surface area contributed by atoms with Crippen molar-refractivity contribution in [3.05, 3.63) is 47.2 Å². The summed E-state index contributed by atoms with van der Waals surface area (Å²) in [7, 11) is 0. The van der Waals surface area contributed by atoms with Gasteiger partial charge in [0, 0.05) is 19.3 Å². The molecule has 0 atom stereocenters. The standard InChI is InChI=1S/C15H17N3O4/c16-7-13(15(22)18-6-5-14(20)21)9-17-8-11-1-3-12(10-19)4-2-11/h1-4,9,17,19H,5-6,8,10H2,(H,18,22)(H,20,21)/b13-9-. The lowest BCUT2D eigenvalue weighted by Crippen LogP contribution is -2.27. The van der Waals surface area contributed by atoms with Crippen LogP contribution in [0.4, 0.5) is 0 Å². The number of carboxylic acids is 1. The Hall–Kier alpha value is -2.85. The first-order valence-electron chi connectivity index (χ1n) is 6.59. The van der Waals surface area contributed by atoms with E-state index in [0.717, 1.165) is 11.1 Å². The number of nitrogens with one attached hydrogen (secondary N) is 2. The van der Waals surface area contributed by atoms with E-state index in [-0.39, 0.29) is 25.1 Å². The number of amides is 1. The number of carbonyl (C=O) groups excluding carboxylic acids is 1. The van der Waals surface area contributed by atoms with Crippen LogP contribution in [0.5, 0.6) is 0 Å². The first kappa shape index (κ1) is 17.2. The molecule has 0 radical (unpaired) electrons. The molecule has 1 rings (SSSR count). The van der Waals surface area contributed by atoms with Gasteiger partial charge in [-0.05, 0) is 11.1 Å². The van der Waals surface area contributed by atoms with Crippen LogP contribution in [0.25, 0.3) is 0 Å². The van der Waals surface area contributed by atoms with E-state index in [4.69, 9.17) is 15.5 Å². The zero-order valence-corrected chi connectivity index (χ0v) is 11.9. The highest BCUT2D eigenvalue weighted by molar-refractivity contribution is 5.97. The molecule has 0 aromatic heterocycles. The van der Waals surface area contributed by atoms with Gasteiger partial charge in [0.2, 0.25) is 0 Å². The van der Waals surface area contributed by atoms with E-state index >= 15 is 0 Å². The maximum atomic E-state index is 11.6. The van der Waals surface area contributed by atoms with E-state index in [2.05, 4.69) is 10.6 Å². The first-order valence-corrected chi connectivity index (χ1v) is 6.59. The molecule has 0 saturated heterocycles. The molecule has 0 spiro atoms. The number of benzene rings is 1. The minimum absolute atomic E-state index is 0.0251. The van der Waals surface area contributed by atoms with Crippen LogP contribution >= 0.6 is 0 Å². The highest BCUT2D eigenvalue weighted by Gasteiger charge is 2.08. The Morgan fingerprint density at radius 3 is 2.41 bits per heavy atom. The Morgan fingerprint density at radius 1 is 1.23 bits per heavy atom. The molecule has 116 valence electrons. The van der Waals surface area contributed by atoms with Crippen LogP contribution < -0.4 is 10.6 Å². The van der Waals surface area contributed by atoms with E-state index in [1.54, 1.807) is 18.2 Å². The number of hydrogen-bond acceptors (Lipinski definition) is 5. The predicted octanol–water partition coefficient (Wildman–Crippen LogP) is 0.267. The molecule has 1 aromatic rings. The summed E-state index contributed by atoms with van der Waals surface area (Å²) >= 11 is 0. The summed E-state index contributed by atoms with van der Waals surface area (Å²) in [5.41, 5.74) is 1.60. The molecule has 1 aromatic carbocycles. The molecule has 22 heavy (non-hydrogen) atoms. The minimum atomic E-state index is -1.02. The van der Waals surface area contributed by atoms with Gasteiger partial charge in [0.05, 0.1) is 13.0 Å². The SMILES string of the molecule is N#C/C(=C/NCc1ccc(CO)cc1)C(=O)NCCC(=O)O. The summed E-state index contributed by atoms with van der Waals surface area (Å²) in [6.07, 6.45) is 1.09. The Labute approximate surface area is 127 Å². The van der Waals surface area contributed by atoms with Gasteiger partial charge in [-0.25, -0.2) is 0 Å². The molecule has 0 heterocycles. The number of hydrogen-bond donors (Lipinski definition) is 4. The Kier molecular flexibility index (Phi) is 7.16. The Morgan fingerprint density at radius 2 is 1.86 bits per heavy atom. The molecular formula is C15H17N3O4. The number of nitrogens with zero attached hydrogens (tertiary/aromatic N) is 1. The molecule has 7 nitrogen and oxygen atoms in total. The molecule has 0 aliphatic rings. The zero-order chi connectivity index (χ0) is 16.4. The van der Waals surface area contributed by atoms with Crippen LogP contribution in [0.15, 0.2) is 36.0 Å². The number of aliphatic hydroxyl groups excluding tert-OH is 1. The van der Waals surface area contributed by atoms with Gasteiger partial charge in [-0.1, -0.05) is 24.3 Å². The van der Waals surface area contributed by atoms with Crippen LogP contribution in [-0.2, 0) is 22.7 Å². The molecule has 0 aliphatic carbocycles. The molecule has 4 N–H and O–H groups in total. The molecule has 0 bridgehead atoms. The van der Waals surface area contributed by atoms with Crippen molar-refractivity contribution in [2.75, 3.05) is 6.54 Å². The van der Waals surface area contributed by atoms with Crippen LogP contribution in [-0.4, -0.2) is 28.6 Å². The average Bonchev–Trinajstić information content (AvgIpc) is 2.51. The molecule has 0 saturated carbocycles. The molecular weight excluding hydrogens is 286 g/mol. The molecule has 0 fully saturated rings. The topological polar surface area (TPSA) is 122 Å². The maximum Gasteiger partial charge on any atom is 0.305 e. The fourth-order valence-corrected chi connectivity index (χ4v) is 1.56. The summed E-state index contributed by atoms with van der Waals surface area (Å²) in [5.74, 6) is -1.64. The van der Waals surface area contributed by atoms with Crippen molar-refractivity contribution in [2.45, 2.75) is 19.6 Å². The summed E-state index contributed by atoms with van der Waals surface area (Å²) in [4.78, 5) is 22.0. The van der Waals surface area contributed by atoms with Crippen LogP contribution in [0.1, 0.15) is 17.5 Å². The summed E-state index contributed by atoms with van der Waals surface area (Å²) in [5, 5.41) is 31.5. The highest BCUT2D eigenvalue weighted by Crippen LogP contribution is 2.04. The van der Waals surface area contributed by atoms with Gasteiger partial charge in [-0.3, -0.25) is 9.59 Å². The van der Waals surface area contributed by atoms with Crippen molar-refractivity contribution < 1.29 is 19.8 Å². The third-order valence-corrected chi connectivity index (χ3v) is 2.75. The fourth-order valence-electron chi connectivity index (χ4n) is 1.56. The van der Waals surface area contributed by atoms with E-state index in [9.17, 15) is 9.59 Å². The van der Waals surface area contributed by atoms with E-state index in [1.807, 2.05) is 12.1 Å². The van der Waals surface area contributed by atoms with E-state index in [0.29, 0.717) is 6.54 Å². The van der Waals surface area contributed by atoms with Gasteiger partial charge in [0.25, 0.3) is 5.91 Å². The number of aliphatic hydroxyl groups is 1. The number of nitriles is 1. The molecule has 1 amide bonds. The second-order valence-corrected chi connectivity index (χ2v) is 4.42. The third kappa shape index (κ3) is 6.07. The van der Waals surface area contributed by atoms with E-state index < -0.39 is 11.9 Å². The normalized spacial score (nSPS) is 10.6. The number of carboxylic acid groups (broad SMARTS) is 1. The van der Waals surface area contributed by atoms with Crippen molar-refractivity contribution >= 4 is 11.9 Å². The maximum absolute atomic E-state index is 11.6. The van der Waals surface area contributed by atoms with Gasteiger partial charge in [-0.2, -0.15) is 5.26 Å². The number of carbonyl (C=O) groups is 2. The zero-order valence-electron chi connectivity index (χ0n) is 11.9. The lowest BCUT2D eigenvalue weighted by molar-refractivity contribution is -0.136. The van der Waals surface area contributed by atoms with Gasteiger partial charge in [0.15, 0.2) is 0 Å². The smallest absolute Gasteiger partial charge is 0.305 e. The number of aliphatic carboxylic acids is 1. The minimum Gasteiger partial charge on any atom is -0.481 e. The Bertz CT molecular complexity index is 588. The second-order valence-electron chi connectivity index (χ2n) is 4.42. The van der Waals surface area contributed by atoms with E-state index in [1.165, 1.54) is 6.20 Å². The van der Waals surface area contributed by atoms with Crippen molar-refractivity contribution in [1.29, 1.82) is 5.26 Å². The molecule has 7 heteroatoms. The van der Waals surface area contributed by atoms with Crippen LogP contribution in [0.3, 0.4) is 0 Å². The summed E-state index contributed by atoms with van der Waals surface area (Å²) in [6, 6.07) is 8.96. The first-order chi connectivity index (χ1) is 10.6. The molecule has 0 aliphatic heterocycles. The highest BCUT2D eigenvalue weighted by atomic mass is 16.4. The lowest BCUT2D eigenvalue weighted by atomic mass is 10.1. The van der Waals surface area contributed by atoms with Crippen LogP contribution in [0, 0.1) is 11.3 Å². The van der Waals surface area contributed by atoms with Crippen molar-refractivity contribution in [1.82, 2.24) is 10.6 Å². The van der Waals surface area contributed by atoms with Crippen molar-refractivity contribution in [3.8, 4) is 6.07 Å². The van der Waals surface area contributed by atoms with Gasteiger partial charge < -0.3 is 20.8 Å². The van der Waals surface area contributed by atoms with Gasteiger partial charge in [-0.15, -0.1) is 0 Å². The molecule has 0 unspecified atom stereocenters. The van der Waals surface area contributed by atoms with Crippen molar-refractivity contribution in [3.63, 3.8) is 0 Å². The van der Waals surface area contributed by atoms with Gasteiger partial charge in [0.1, 0.15) is 11.6 Å². The summed E-state index contributed by atoms with van der Waals surface area (Å²) < 4.78 is 0. The third-order valence-electron chi connectivity index (χ3n) is 2.75. The predicted molar refractivity (Wildman–Crippen MR) is 78.2 cm³/mol. The van der Waals surface area contributed by atoms with Gasteiger partial charge >= 0.3 is 5.97 Å². The summed E-state index contributed by atoms with van der Waals surface area (Å²) in [6.45, 7) is 0.359. The second kappa shape index (κ2) is 9.15. The largest absolute Gasteiger partial charge is 0.481 e. The monoisotopic (exact) mass is 303 g/mol. The number of rotatable bonds is 8.